The van der Waals surface area contributed by atoms with Crippen molar-refractivity contribution in [3.05, 3.63) is 69.5 Å². The van der Waals surface area contributed by atoms with E-state index >= 15 is 0 Å². The average Bonchev–Trinajstić information content (AvgIpc) is 3.03. The van der Waals surface area contributed by atoms with Crippen LogP contribution in [0.1, 0.15) is 33.6 Å². The van der Waals surface area contributed by atoms with E-state index in [1.165, 1.54) is 30.3 Å². The normalized spacial score (nSPS) is 24.2. The van der Waals surface area contributed by atoms with Gasteiger partial charge in [0.05, 0.1) is 21.9 Å². The van der Waals surface area contributed by atoms with E-state index in [-0.39, 0.29) is 30.8 Å². The third kappa shape index (κ3) is 4.80. The summed E-state index contributed by atoms with van der Waals surface area (Å²) < 4.78 is 13.3. The molecular formula is C23H17Br2Cl2FN2O4. The Hall–Kier alpha value is -1.81. The van der Waals surface area contributed by atoms with Crippen LogP contribution in [0.15, 0.2) is 42.5 Å². The summed E-state index contributed by atoms with van der Waals surface area (Å²) in [6.07, 6.45) is 0.810. The van der Waals surface area contributed by atoms with E-state index in [1.54, 1.807) is 0 Å². The minimum atomic E-state index is -0.764. The maximum absolute atomic E-state index is 13.5. The summed E-state index contributed by atoms with van der Waals surface area (Å²) in [5, 5.41) is 1.96. The highest BCUT2D eigenvalue weighted by Gasteiger charge is 2.54. The van der Waals surface area contributed by atoms with Crippen molar-refractivity contribution in [2.75, 3.05) is 6.54 Å². The number of imide groups is 1. The van der Waals surface area contributed by atoms with E-state index < -0.39 is 47.7 Å². The molecule has 1 aliphatic heterocycles. The number of alkyl halides is 2. The molecule has 2 aromatic carbocycles. The summed E-state index contributed by atoms with van der Waals surface area (Å²) in [7, 11) is 0. The molecule has 11 heteroatoms. The fraction of sp³-hybridized carbons (Fsp3) is 0.304. The average molecular weight is 635 g/mol. The molecule has 2 aliphatic rings. The molecule has 0 unspecified atom stereocenters. The number of carbonyl (C=O) groups excluding carboxylic acids is 4. The molecule has 34 heavy (non-hydrogen) atoms. The van der Waals surface area contributed by atoms with Gasteiger partial charge in [0.2, 0.25) is 0 Å². The highest BCUT2D eigenvalue weighted by Crippen LogP contribution is 2.43. The second-order valence-corrected chi connectivity index (χ2v) is 11.3. The van der Waals surface area contributed by atoms with Crippen molar-refractivity contribution >= 4 is 78.6 Å². The Morgan fingerprint density at radius 2 is 1.44 bits per heavy atom. The lowest BCUT2D eigenvalue weighted by atomic mass is 9.81. The molecule has 3 amide bonds. The summed E-state index contributed by atoms with van der Waals surface area (Å²) >= 11 is 19.1. The van der Waals surface area contributed by atoms with Crippen LogP contribution in [0, 0.1) is 17.7 Å². The van der Waals surface area contributed by atoms with Crippen LogP contribution >= 0.6 is 55.1 Å². The largest absolute Gasteiger partial charge is 0.292 e. The summed E-state index contributed by atoms with van der Waals surface area (Å²) in [5.41, 5.74) is 0.180. The first-order chi connectivity index (χ1) is 16.1. The highest BCUT2D eigenvalue weighted by molar-refractivity contribution is 9.12. The van der Waals surface area contributed by atoms with Gasteiger partial charge >= 0.3 is 0 Å². The number of nitrogens with zero attached hydrogens (tertiary/aromatic N) is 2. The number of rotatable bonds is 5. The number of ketones is 1. The minimum absolute atomic E-state index is 0.0227. The lowest BCUT2D eigenvalue weighted by Crippen LogP contribution is -2.52. The van der Waals surface area contributed by atoms with Crippen molar-refractivity contribution in [2.24, 2.45) is 11.8 Å². The van der Waals surface area contributed by atoms with Gasteiger partial charge in [-0.3, -0.25) is 19.2 Å². The van der Waals surface area contributed by atoms with Gasteiger partial charge in [0, 0.05) is 20.8 Å². The SMILES string of the molecule is O=C(CN(C(=O)c1ccc(Cl)c(Cl)c1)N1C(=O)[C@@H]2C[C@H](Br)[C@@H](Br)C[C@H]2C1=O)c1ccc(F)cc1. The van der Waals surface area contributed by atoms with Gasteiger partial charge in [0.15, 0.2) is 5.78 Å². The van der Waals surface area contributed by atoms with E-state index in [1.807, 2.05) is 0 Å². The van der Waals surface area contributed by atoms with Crippen LogP contribution in [0.4, 0.5) is 4.39 Å². The first-order valence-electron chi connectivity index (χ1n) is 10.3. The molecule has 178 valence electrons. The number of halogens is 5. The molecule has 4 atom stereocenters. The molecule has 0 bridgehead atoms. The van der Waals surface area contributed by atoms with Gasteiger partial charge < -0.3 is 0 Å². The molecule has 4 rings (SSSR count). The van der Waals surface area contributed by atoms with Gasteiger partial charge in [-0.15, -0.1) is 0 Å². The van der Waals surface area contributed by atoms with Crippen molar-refractivity contribution < 1.29 is 23.6 Å². The number of amides is 3. The van der Waals surface area contributed by atoms with Gasteiger partial charge in [0.1, 0.15) is 12.4 Å². The molecule has 1 aliphatic carbocycles. The molecule has 2 fully saturated rings. The Kier molecular flexibility index (Phi) is 7.47. The molecule has 0 N–H and O–H groups in total. The topological polar surface area (TPSA) is 74.8 Å². The van der Waals surface area contributed by atoms with Crippen LogP contribution < -0.4 is 0 Å². The predicted octanol–water partition coefficient (Wildman–Crippen LogP) is 5.29. The minimum Gasteiger partial charge on any atom is -0.292 e. The monoisotopic (exact) mass is 632 g/mol. The van der Waals surface area contributed by atoms with Gasteiger partial charge in [-0.1, -0.05) is 55.1 Å². The Labute approximate surface area is 221 Å². The Morgan fingerprint density at radius 1 is 0.912 bits per heavy atom. The Balaban J connectivity index is 1.71. The standard InChI is InChI=1S/C23H17Br2Cl2FN2O4/c24-16-8-14-15(9-17(16)25)23(34)30(22(14)33)29(10-20(31)11-1-4-13(28)5-2-11)21(32)12-3-6-18(26)19(27)7-12/h1-7,14-17H,8-10H2/t14-,15-,16+,17+/m1/s1. The fourth-order valence-corrected chi connectivity index (χ4v) is 5.73. The van der Waals surface area contributed by atoms with Crippen LogP contribution in [0.2, 0.25) is 10.0 Å². The van der Waals surface area contributed by atoms with Gasteiger partial charge in [-0.2, -0.15) is 5.01 Å². The molecule has 0 radical (unpaired) electrons. The van der Waals surface area contributed by atoms with E-state index in [0.717, 1.165) is 22.2 Å². The third-order valence-electron chi connectivity index (χ3n) is 5.99. The number of fused-ring (bicyclic) bond motifs is 1. The van der Waals surface area contributed by atoms with E-state index in [4.69, 9.17) is 23.2 Å². The van der Waals surface area contributed by atoms with Crippen LogP contribution in [0.3, 0.4) is 0 Å². The number of hydrogen-bond acceptors (Lipinski definition) is 4. The van der Waals surface area contributed by atoms with Crippen LogP contribution in [0.25, 0.3) is 0 Å². The summed E-state index contributed by atoms with van der Waals surface area (Å²) in [6.45, 7) is -0.600. The molecular weight excluding hydrogens is 618 g/mol. The predicted molar refractivity (Wildman–Crippen MR) is 132 cm³/mol. The number of Topliss-reactive ketones (excluding diaryl/α,β-unsaturated/α-hetero) is 1. The van der Waals surface area contributed by atoms with E-state index in [0.29, 0.717) is 12.8 Å². The molecule has 1 heterocycles. The second kappa shape index (κ2) is 10.0. The number of carbonyl (C=O) groups is 4. The zero-order valence-electron chi connectivity index (χ0n) is 17.4. The zero-order valence-corrected chi connectivity index (χ0v) is 22.1. The smallest absolute Gasteiger partial charge is 0.273 e. The molecule has 6 nitrogen and oxygen atoms in total. The first kappa shape index (κ1) is 25.3. The fourth-order valence-electron chi connectivity index (χ4n) is 4.19. The number of hydrogen-bond donors (Lipinski definition) is 0. The highest BCUT2D eigenvalue weighted by atomic mass is 79.9. The Bertz CT molecular complexity index is 1150. The molecule has 0 spiro atoms. The van der Waals surface area contributed by atoms with E-state index in [9.17, 15) is 23.6 Å². The summed E-state index contributed by atoms with van der Waals surface area (Å²) in [6, 6.07) is 8.90. The maximum Gasteiger partial charge on any atom is 0.273 e. The van der Waals surface area contributed by atoms with Crippen molar-refractivity contribution in [3.63, 3.8) is 0 Å². The lowest BCUT2D eigenvalue weighted by molar-refractivity contribution is -0.154. The van der Waals surface area contributed by atoms with Gasteiger partial charge in [-0.05, 0) is 55.3 Å². The summed E-state index contributed by atoms with van der Waals surface area (Å²) in [4.78, 5) is 53.1. The molecule has 2 aromatic rings. The van der Waals surface area contributed by atoms with Crippen LogP contribution in [-0.4, -0.2) is 49.7 Å². The van der Waals surface area contributed by atoms with E-state index in [2.05, 4.69) is 31.9 Å². The number of hydrazine groups is 1. The maximum atomic E-state index is 13.5. The number of benzene rings is 2. The van der Waals surface area contributed by atoms with Crippen LogP contribution in [0.5, 0.6) is 0 Å². The molecule has 1 saturated carbocycles. The van der Waals surface area contributed by atoms with Gasteiger partial charge in [-0.25, -0.2) is 9.40 Å². The first-order valence-corrected chi connectivity index (χ1v) is 12.9. The van der Waals surface area contributed by atoms with Crippen molar-refractivity contribution in [1.82, 2.24) is 10.0 Å². The van der Waals surface area contributed by atoms with Crippen molar-refractivity contribution in [1.29, 1.82) is 0 Å². The zero-order chi connectivity index (χ0) is 24.7. The van der Waals surface area contributed by atoms with Gasteiger partial charge in [0.25, 0.3) is 17.7 Å². The molecule has 0 aromatic heterocycles. The summed E-state index contributed by atoms with van der Waals surface area (Å²) in [5.74, 6) is -4.17. The third-order valence-corrected chi connectivity index (χ3v) is 9.46. The second-order valence-electron chi connectivity index (χ2n) is 8.13. The van der Waals surface area contributed by atoms with Crippen molar-refractivity contribution in [3.8, 4) is 0 Å². The molecule has 1 saturated heterocycles. The quantitative estimate of drug-likeness (QED) is 0.254. The van der Waals surface area contributed by atoms with Crippen molar-refractivity contribution in [2.45, 2.75) is 22.5 Å². The lowest BCUT2D eigenvalue weighted by Gasteiger charge is -2.30. The van der Waals surface area contributed by atoms with Crippen LogP contribution in [-0.2, 0) is 9.59 Å². The Morgan fingerprint density at radius 3 is 1.97 bits per heavy atom.